The van der Waals surface area contributed by atoms with Gasteiger partial charge in [0.15, 0.2) is 11.6 Å². The fourth-order valence-corrected chi connectivity index (χ4v) is 12.1. The molecule has 0 spiro atoms. The molecule has 358 valence electrons. The van der Waals surface area contributed by atoms with Crippen LogP contribution < -0.4 is 0 Å². The molecule has 0 unspecified atom stereocenters. The van der Waals surface area contributed by atoms with Crippen molar-refractivity contribution in [2.45, 2.75) is 0 Å². The van der Waals surface area contributed by atoms with E-state index in [1.807, 2.05) is 134 Å². The molecule has 0 fully saturated rings. The molecule has 0 bridgehead atoms. The molecule has 6 aromatic heterocycles. The van der Waals surface area contributed by atoms with E-state index in [1.165, 1.54) is 0 Å². The maximum absolute atomic E-state index is 10.4. The van der Waals surface area contributed by atoms with Gasteiger partial charge in [-0.25, -0.2) is 4.98 Å². The van der Waals surface area contributed by atoms with Gasteiger partial charge in [-0.15, -0.1) is 0 Å². The van der Waals surface area contributed by atoms with Crippen LogP contribution in [0.15, 0.2) is 219 Å². The van der Waals surface area contributed by atoms with Gasteiger partial charge in [0.1, 0.15) is 11.4 Å². The lowest BCUT2D eigenvalue weighted by Crippen LogP contribution is -2.16. The van der Waals surface area contributed by atoms with E-state index in [-0.39, 0.29) is 0 Å². The van der Waals surface area contributed by atoms with Crippen LogP contribution in [-0.4, -0.2) is 28.2 Å². The molecule has 15 rings (SSSR count). The normalized spacial score (nSPS) is 11.5. The number of hydrogen-bond acceptors (Lipinski definition) is 6. The summed E-state index contributed by atoms with van der Waals surface area (Å²) in [4.78, 5) is 11.0. The monoisotopic (exact) mass is 992 g/mol. The lowest BCUT2D eigenvalue weighted by atomic mass is 9.92. The van der Waals surface area contributed by atoms with E-state index >= 15 is 0 Å². The largest absolute Gasteiger partial charge is 0.305 e. The Labute approximate surface area is 444 Å². The second-order valence-electron chi connectivity index (χ2n) is 19.4. The molecule has 6 heterocycles. The second kappa shape index (κ2) is 17.0. The van der Waals surface area contributed by atoms with Crippen molar-refractivity contribution in [2.75, 3.05) is 0 Å². The zero-order valence-electron chi connectivity index (χ0n) is 41.3. The van der Waals surface area contributed by atoms with Crippen LogP contribution in [0.3, 0.4) is 0 Å². The first-order chi connectivity index (χ1) is 38.5. The van der Waals surface area contributed by atoms with Gasteiger partial charge in [-0.05, 0) is 114 Å². The van der Waals surface area contributed by atoms with E-state index in [2.05, 4.69) is 126 Å². The van der Waals surface area contributed by atoms with Gasteiger partial charge in [0, 0.05) is 66.6 Å². The predicted octanol–water partition coefficient (Wildman–Crippen LogP) is 15.7. The molecular weight excluding hydrogens is 957 g/mol. The lowest BCUT2D eigenvalue weighted by Gasteiger charge is -2.27. The molecule has 0 atom stereocenters. The maximum atomic E-state index is 10.4. The second-order valence-corrected chi connectivity index (χ2v) is 19.4. The Morgan fingerprint density at radius 3 is 1.01 bits per heavy atom. The van der Waals surface area contributed by atoms with Crippen molar-refractivity contribution in [3.63, 3.8) is 0 Å². The molecule has 10 heteroatoms. The molecule has 0 N–H and O–H groups in total. The summed E-state index contributed by atoms with van der Waals surface area (Å²) in [7, 11) is 0. The van der Waals surface area contributed by atoms with Crippen LogP contribution in [0, 0.1) is 45.3 Å². The Balaban J connectivity index is 1.30. The summed E-state index contributed by atoms with van der Waals surface area (Å²) in [6, 6.07) is 78.7. The van der Waals surface area contributed by atoms with Gasteiger partial charge in [0.05, 0.1) is 90.7 Å². The maximum Gasteiger partial charge on any atom is 0.165 e. The third kappa shape index (κ3) is 6.27. The van der Waals surface area contributed by atoms with Gasteiger partial charge in [0.25, 0.3) is 0 Å². The summed E-state index contributed by atoms with van der Waals surface area (Å²) in [5.41, 5.74) is 14.0. The van der Waals surface area contributed by atoms with Crippen LogP contribution in [0.4, 0.5) is 0 Å². The van der Waals surface area contributed by atoms with E-state index in [0.717, 1.165) is 121 Å². The van der Waals surface area contributed by atoms with Crippen molar-refractivity contribution in [3.05, 3.63) is 241 Å². The summed E-state index contributed by atoms with van der Waals surface area (Å²) in [6.45, 7) is 0. The van der Waals surface area contributed by atoms with E-state index < -0.39 is 0 Å². The van der Waals surface area contributed by atoms with Gasteiger partial charge in [-0.2, -0.15) is 21.0 Å². The van der Waals surface area contributed by atoms with E-state index in [0.29, 0.717) is 33.9 Å². The SMILES string of the molecule is N#Cc1ccc2c(c1)c1ccccc1n2-c1nc(-n2c3ccccc3c3cc(C#N)ccc32)c(-n2c3ccccc3c3cc(C#N)ccc32)c(-c2ccccc2-c2cccnc2)c1-n1c2ccccc2c2cc(C#N)ccc21. The quantitative estimate of drug-likeness (QED) is 0.162. The van der Waals surface area contributed by atoms with E-state index in [9.17, 15) is 21.0 Å². The fourth-order valence-electron chi connectivity index (χ4n) is 12.1. The number of benzene rings is 9. The van der Waals surface area contributed by atoms with Crippen LogP contribution in [0.25, 0.3) is 132 Å². The molecule has 0 aliphatic heterocycles. The highest BCUT2D eigenvalue weighted by Gasteiger charge is 2.33. The number of pyridine rings is 2. The van der Waals surface area contributed by atoms with Crippen LogP contribution in [0.2, 0.25) is 0 Å². The molecule has 9 aromatic carbocycles. The molecule has 15 aromatic rings. The summed E-state index contributed by atoms with van der Waals surface area (Å²) < 4.78 is 9.10. The standard InChI is InChI=1S/C68H36N10/c69-36-41-23-27-60-52(32-41)47-14-3-7-19-56(47)75(60)65-64(51-18-2-1-13-46(51)45-12-11-31-73-40-45)66(76-57-20-8-4-15-48(57)53-33-42(37-70)24-28-61(53)76)68(78-59-22-10-6-17-50(59)55-35-44(39-72)26-30-63(55)78)74-67(65)77-58-21-9-5-16-49(58)54-34-43(38-71)25-29-62(54)77/h1-35,40H. The number of rotatable bonds is 6. The summed E-state index contributed by atoms with van der Waals surface area (Å²) in [5, 5.41) is 49.0. The van der Waals surface area contributed by atoms with Gasteiger partial charge in [-0.3, -0.25) is 14.1 Å². The van der Waals surface area contributed by atoms with Crippen molar-refractivity contribution < 1.29 is 0 Å². The summed E-state index contributed by atoms with van der Waals surface area (Å²) >= 11 is 0. The average molecular weight is 993 g/mol. The van der Waals surface area contributed by atoms with Crippen LogP contribution in [0.5, 0.6) is 0 Å². The zero-order valence-corrected chi connectivity index (χ0v) is 41.3. The Bertz CT molecular complexity index is 4990. The number of aromatic nitrogens is 6. The van der Waals surface area contributed by atoms with Gasteiger partial charge >= 0.3 is 0 Å². The van der Waals surface area contributed by atoms with E-state index in [1.54, 1.807) is 6.20 Å². The first kappa shape index (κ1) is 44.0. The van der Waals surface area contributed by atoms with Crippen molar-refractivity contribution in [3.8, 4) is 69.5 Å². The zero-order chi connectivity index (χ0) is 52.2. The number of nitriles is 4. The molecule has 0 aliphatic carbocycles. The first-order valence-electron chi connectivity index (χ1n) is 25.4. The minimum atomic E-state index is 0.532. The Morgan fingerprint density at radius 1 is 0.308 bits per heavy atom. The molecule has 0 saturated heterocycles. The third-order valence-corrected chi connectivity index (χ3v) is 15.4. The minimum Gasteiger partial charge on any atom is -0.305 e. The minimum absolute atomic E-state index is 0.532. The van der Waals surface area contributed by atoms with Crippen molar-refractivity contribution in [1.82, 2.24) is 28.2 Å². The van der Waals surface area contributed by atoms with E-state index in [4.69, 9.17) is 4.98 Å². The average Bonchev–Trinajstić information content (AvgIpc) is 3.97. The first-order valence-corrected chi connectivity index (χ1v) is 25.4. The van der Waals surface area contributed by atoms with Crippen LogP contribution in [0.1, 0.15) is 22.3 Å². The molecular formula is C68H36N10. The lowest BCUT2D eigenvalue weighted by molar-refractivity contribution is 0.961. The highest BCUT2D eigenvalue weighted by molar-refractivity contribution is 6.16. The van der Waals surface area contributed by atoms with Crippen molar-refractivity contribution >= 4 is 87.2 Å². The smallest absolute Gasteiger partial charge is 0.165 e. The summed E-state index contributed by atoms with van der Waals surface area (Å²) in [5.74, 6) is 1.17. The highest BCUT2D eigenvalue weighted by Crippen LogP contribution is 2.50. The molecule has 0 radical (unpaired) electrons. The predicted molar refractivity (Wildman–Crippen MR) is 309 cm³/mol. The third-order valence-electron chi connectivity index (χ3n) is 15.4. The van der Waals surface area contributed by atoms with Gasteiger partial charge in [-0.1, -0.05) is 103 Å². The molecule has 0 aliphatic rings. The molecule has 0 saturated carbocycles. The fraction of sp³-hybridized carbons (Fsp3) is 0. The van der Waals surface area contributed by atoms with Crippen LogP contribution >= 0.6 is 0 Å². The van der Waals surface area contributed by atoms with Gasteiger partial charge in [0.2, 0.25) is 0 Å². The van der Waals surface area contributed by atoms with Crippen molar-refractivity contribution in [1.29, 1.82) is 21.0 Å². The highest BCUT2D eigenvalue weighted by atomic mass is 15.2. The Morgan fingerprint density at radius 2 is 0.641 bits per heavy atom. The molecule has 10 nitrogen and oxygen atoms in total. The van der Waals surface area contributed by atoms with Gasteiger partial charge < -0.3 is 9.13 Å². The number of hydrogen-bond donors (Lipinski definition) is 0. The molecule has 0 amide bonds. The van der Waals surface area contributed by atoms with Crippen molar-refractivity contribution in [2.24, 2.45) is 0 Å². The number of para-hydroxylation sites is 4. The van der Waals surface area contributed by atoms with Crippen LogP contribution in [-0.2, 0) is 0 Å². The number of nitrogens with zero attached hydrogens (tertiary/aromatic N) is 10. The topological polar surface area (TPSA) is 141 Å². The Hall–Kier alpha value is -11.6. The Kier molecular flexibility index (Phi) is 9.58. The molecule has 78 heavy (non-hydrogen) atoms. The number of fused-ring (bicyclic) bond motifs is 12. The summed E-state index contributed by atoms with van der Waals surface area (Å²) in [6.07, 6.45) is 3.68.